The molecule has 4 rings (SSSR count). The SMILES string of the molecule is CC(=O)N1CCC(CC(=O)N2CCN(C(c3ccccc3)c3ccc(C(F)(F)F)o3)C[C@@H]2C(C)(C)C)CC1. The molecule has 2 aliphatic heterocycles. The maximum atomic E-state index is 13.6. The Morgan fingerprint density at radius 2 is 1.63 bits per heavy atom. The van der Waals surface area contributed by atoms with Crippen LogP contribution in [0.5, 0.6) is 0 Å². The number of alkyl halides is 3. The van der Waals surface area contributed by atoms with Crippen LogP contribution in [0.3, 0.4) is 0 Å². The summed E-state index contributed by atoms with van der Waals surface area (Å²) in [7, 11) is 0. The average Bonchev–Trinajstić information content (AvgIpc) is 3.35. The molecule has 3 heterocycles. The van der Waals surface area contributed by atoms with Crippen LogP contribution in [0.1, 0.15) is 70.1 Å². The van der Waals surface area contributed by atoms with Crippen molar-refractivity contribution in [2.45, 2.75) is 65.2 Å². The molecule has 0 aliphatic carbocycles. The molecule has 0 bridgehead atoms. The molecule has 2 aromatic rings. The number of nitrogens with zero attached hydrogens (tertiary/aromatic N) is 3. The molecule has 0 saturated carbocycles. The summed E-state index contributed by atoms with van der Waals surface area (Å²) in [5.41, 5.74) is 0.605. The van der Waals surface area contributed by atoms with Crippen LogP contribution in [0.15, 0.2) is 46.9 Å². The van der Waals surface area contributed by atoms with E-state index in [-0.39, 0.29) is 34.9 Å². The van der Waals surface area contributed by atoms with Crippen molar-refractivity contribution < 1.29 is 27.2 Å². The molecule has 2 aliphatic rings. The lowest BCUT2D eigenvalue weighted by Crippen LogP contribution is -2.60. The van der Waals surface area contributed by atoms with Crippen molar-refractivity contribution >= 4 is 11.8 Å². The lowest BCUT2D eigenvalue weighted by atomic mass is 9.82. The van der Waals surface area contributed by atoms with E-state index in [1.54, 1.807) is 6.92 Å². The maximum absolute atomic E-state index is 13.6. The van der Waals surface area contributed by atoms with Gasteiger partial charge in [-0.1, -0.05) is 51.1 Å². The second-order valence-electron chi connectivity index (χ2n) is 11.6. The van der Waals surface area contributed by atoms with Gasteiger partial charge in [0.2, 0.25) is 17.6 Å². The van der Waals surface area contributed by atoms with Gasteiger partial charge < -0.3 is 14.2 Å². The molecule has 2 amide bonds. The first-order valence-corrected chi connectivity index (χ1v) is 13.4. The summed E-state index contributed by atoms with van der Waals surface area (Å²) in [6.45, 7) is 10.8. The average molecular weight is 534 g/mol. The van der Waals surface area contributed by atoms with Gasteiger partial charge in [0.15, 0.2) is 0 Å². The fourth-order valence-corrected chi connectivity index (χ4v) is 5.74. The number of piperazine rings is 1. The predicted octanol–water partition coefficient (Wildman–Crippen LogP) is 5.60. The molecule has 2 fully saturated rings. The Labute approximate surface area is 222 Å². The third-order valence-corrected chi connectivity index (χ3v) is 7.91. The van der Waals surface area contributed by atoms with Crippen LogP contribution in [-0.2, 0) is 15.8 Å². The Morgan fingerprint density at radius 3 is 2.18 bits per heavy atom. The number of piperidine rings is 1. The number of carbonyl (C=O) groups is 2. The fourth-order valence-electron chi connectivity index (χ4n) is 5.74. The first kappa shape index (κ1) is 28.2. The zero-order chi connectivity index (χ0) is 27.7. The van der Waals surface area contributed by atoms with Crippen LogP contribution in [-0.4, -0.2) is 65.3 Å². The molecule has 2 atom stereocenters. The molecule has 9 heteroatoms. The van der Waals surface area contributed by atoms with E-state index in [2.05, 4.69) is 25.7 Å². The number of halogens is 3. The van der Waals surface area contributed by atoms with Gasteiger partial charge in [0.25, 0.3) is 0 Å². The largest absolute Gasteiger partial charge is 0.454 e. The van der Waals surface area contributed by atoms with E-state index in [4.69, 9.17) is 4.42 Å². The summed E-state index contributed by atoms with van der Waals surface area (Å²) in [6, 6.07) is 11.2. The van der Waals surface area contributed by atoms with Crippen LogP contribution >= 0.6 is 0 Å². The van der Waals surface area contributed by atoms with E-state index in [0.717, 1.165) is 24.5 Å². The quantitative estimate of drug-likeness (QED) is 0.503. The van der Waals surface area contributed by atoms with Crippen LogP contribution < -0.4 is 0 Å². The summed E-state index contributed by atoms with van der Waals surface area (Å²) < 4.78 is 45.4. The van der Waals surface area contributed by atoms with Crippen LogP contribution in [0.4, 0.5) is 13.2 Å². The molecule has 0 radical (unpaired) electrons. The zero-order valence-electron chi connectivity index (χ0n) is 22.6. The van der Waals surface area contributed by atoms with Crippen molar-refractivity contribution in [3.63, 3.8) is 0 Å². The van der Waals surface area contributed by atoms with Crippen LogP contribution in [0.25, 0.3) is 0 Å². The zero-order valence-corrected chi connectivity index (χ0v) is 22.6. The molecule has 1 aromatic heterocycles. The Balaban J connectivity index is 1.54. The van der Waals surface area contributed by atoms with Gasteiger partial charge >= 0.3 is 6.18 Å². The molecule has 1 aromatic carbocycles. The Bertz CT molecular complexity index is 1100. The highest BCUT2D eigenvalue weighted by Gasteiger charge is 2.42. The van der Waals surface area contributed by atoms with Gasteiger partial charge in [-0.05, 0) is 41.9 Å². The third kappa shape index (κ3) is 6.42. The minimum Gasteiger partial charge on any atom is -0.454 e. The highest BCUT2D eigenvalue weighted by Crippen LogP contribution is 2.39. The summed E-state index contributed by atoms with van der Waals surface area (Å²) in [4.78, 5) is 31.1. The predicted molar refractivity (Wildman–Crippen MR) is 138 cm³/mol. The van der Waals surface area contributed by atoms with Crippen molar-refractivity contribution in [3.05, 3.63) is 59.5 Å². The molecular formula is C29H38F3N3O3. The number of furan rings is 1. The molecule has 0 spiro atoms. The monoisotopic (exact) mass is 533 g/mol. The number of benzene rings is 1. The smallest absolute Gasteiger partial charge is 0.449 e. The van der Waals surface area contributed by atoms with Gasteiger partial charge in [-0.25, -0.2) is 0 Å². The van der Waals surface area contributed by atoms with Crippen molar-refractivity contribution in [3.8, 4) is 0 Å². The van der Waals surface area contributed by atoms with Crippen LogP contribution in [0, 0.1) is 11.3 Å². The van der Waals surface area contributed by atoms with Crippen molar-refractivity contribution in [1.29, 1.82) is 0 Å². The first-order valence-electron chi connectivity index (χ1n) is 13.4. The number of carbonyl (C=O) groups excluding carboxylic acids is 2. The minimum absolute atomic E-state index is 0.0746. The van der Waals surface area contributed by atoms with Gasteiger partial charge in [-0.15, -0.1) is 0 Å². The van der Waals surface area contributed by atoms with E-state index in [1.807, 2.05) is 40.1 Å². The first-order chi connectivity index (χ1) is 17.8. The highest BCUT2D eigenvalue weighted by molar-refractivity contribution is 5.77. The molecule has 0 N–H and O–H groups in total. The van der Waals surface area contributed by atoms with Gasteiger partial charge in [-0.2, -0.15) is 13.2 Å². The van der Waals surface area contributed by atoms with Crippen molar-refractivity contribution in [1.82, 2.24) is 14.7 Å². The number of hydrogen-bond donors (Lipinski definition) is 0. The second kappa shape index (κ2) is 11.1. The molecule has 208 valence electrons. The Kier molecular flexibility index (Phi) is 8.26. The summed E-state index contributed by atoms with van der Waals surface area (Å²) >= 11 is 0. The molecular weight excluding hydrogens is 495 g/mol. The summed E-state index contributed by atoms with van der Waals surface area (Å²) in [5, 5.41) is 0. The number of likely N-dealkylation sites (tertiary alicyclic amines) is 1. The normalized spacial score (nSPS) is 21.0. The van der Waals surface area contributed by atoms with Gasteiger partial charge in [0.05, 0.1) is 6.04 Å². The van der Waals surface area contributed by atoms with E-state index in [0.29, 0.717) is 39.1 Å². The van der Waals surface area contributed by atoms with E-state index >= 15 is 0 Å². The number of amides is 2. The van der Waals surface area contributed by atoms with Crippen LogP contribution in [0.2, 0.25) is 0 Å². The molecule has 38 heavy (non-hydrogen) atoms. The molecule has 1 unspecified atom stereocenters. The van der Waals surface area contributed by atoms with Gasteiger partial charge in [0.1, 0.15) is 5.76 Å². The van der Waals surface area contributed by atoms with Crippen molar-refractivity contribution in [2.24, 2.45) is 11.3 Å². The standard InChI is InChI=1S/C29H38F3N3O3/c1-20(36)33-14-12-21(13-15-33)18-26(37)35-17-16-34(19-24(35)28(2,3)4)27(22-8-6-5-7-9-22)23-10-11-25(38-23)29(30,31)32/h5-11,21,24,27H,12-19H2,1-4H3/t24-,27?/m1/s1. The Hall–Kier alpha value is -2.81. The van der Waals surface area contributed by atoms with E-state index in [1.165, 1.54) is 6.07 Å². The molecule has 2 saturated heterocycles. The number of rotatable bonds is 5. The number of hydrogen-bond acceptors (Lipinski definition) is 4. The second-order valence-corrected chi connectivity index (χ2v) is 11.6. The topological polar surface area (TPSA) is 57.0 Å². The van der Waals surface area contributed by atoms with Gasteiger partial charge in [-0.3, -0.25) is 14.5 Å². The van der Waals surface area contributed by atoms with Crippen molar-refractivity contribution in [2.75, 3.05) is 32.7 Å². The van der Waals surface area contributed by atoms with E-state index in [9.17, 15) is 22.8 Å². The lowest BCUT2D eigenvalue weighted by Gasteiger charge is -2.49. The highest BCUT2D eigenvalue weighted by atomic mass is 19.4. The summed E-state index contributed by atoms with van der Waals surface area (Å²) in [5.74, 6) is -0.332. The van der Waals surface area contributed by atoms with E-state index < -0.39 is 18.0 Å². The third-order valence-electron chi connectivity index (χ3n) is 7.91. The van der Waals surface area contributed by atoms with Gasteiger partial charge in [0, 0.05) is 52.1 Å². The molecule has 6 nitrogen and oxygen atoms in total. The fraction of sp³-hybridized carbons (Fsp3) is 0.586. The lowest BCUT2D eigenvalue weighted by molar-refractivity contribution is -0.154. The minimum atomic E-state index is -4.56. The summed E-state index contributed by atoms with van der Waals surface area (Å²) in [6.07, 6.45) is -2.46. The maximum Gasteiger partial charge on any atom is 0.449 e. The Morgan fingerprint density at radius 1 is 0.974 bits per heavy atom.